The zero-order chi connectivity index (χ0) is 55.8. The van der Waals surface area contributed by atoms with Crippen molar-refractivity contribution in [1.82, 2.24) is 5.32 Å². The van der Waals surface area contributed by atoms with Crippen LogP contribution >= 0.6 is 0 Å². The molecule has 0 spiro atoms. The van der Waals surface area contributed by atoms with Gasteiger partial charge in [-0.15, -0.1) is 0 Å². The van der Waals surface area contributed by atoms with Crippen LogP contribution in [-0.4, -0.2) is 87.5 Å². The number of nitrogens with one attached hydrogen (secondary N) is 1. The summed E-state index contributed by atoms with van der Waals surface area (Å²) in [5, 5.41) is 54.8. The van der Waals surface area contributed by atoms with Gasteiger partial charge in [0.25, 0.3) is 0 Å². The van der Waals surface area contributed by atoms with Crippen LogP contribution in [0.2, 0.25) is 0 Å². The van der Waals surface area contributed by atoms with Gasteiger partial charge in [0.05, 0.1) is 25.4 Å². The van der Waals surface area contributed by atoms with Crippen molar-refractivity contribution >= 4 is 5.91 Å². The lowest BCUT2D eigenvalue weighted by molar-refractivity contribution is -0.302. The molecule has 0 radical (unpaired) electrons. The number of hydrogen-bond donors (Lipinski definition) is 6. The number of amides is 1. The van der Waals surface area contributed by atoms with E-state index < -0.39 is 49.5 Å². The van der Waals surface area contributed by atoms with Gasteiger partial charge in [-0.25, -0.2) is 0 Å². The Kier molecular flexibility index (Phi) is 52.4. The number of rotatable bonds is 53. The second kappa shape index (κ2) is 56.1. The fourth-order valence-electron chi connectivity index (χ4n) is 9.45. The van der Waals surface area contributed by atoms with Crippen molar-refractivity contribution in [3.63, 3.8) is 0 Å². The van der Waals surface area contributed by atoms with E-state index in [9.17, 15) is 30.3 Å². The van der Waals surface area contributed by atoms with Gasteiger partial charge in [-0.3, -0.25) is 4.79 Å². The molecule has 6 N–H and O–H groups in total. The summed E-state index contributed by atoms with van der Waals surface area (Å²) < 4.78 is 11.3. The minimum absolute atomic E-state index is 0.148. The van der Waals surface area contributed by atoms with Crippen molar-refractivity contribution in [2.75, 3.05) is 13.2 Å². The average molecular weight is 1080 g/mol. The monoisotopic (exact) mass is 1080 g/mol. The van der Waals surface area contributed by atoms with Gasteiger partial charge < -0.3 is 40.3 Å². The third-order valence-electron chi connectivity index (χ3n) is 14.4. The van der Waals surface area contributed by atoms with Crippen LogP contribution in [0.25, 0.3) is 0 Å². The highest BCUT2D eigenvalue weighted by atomic mass is 16.7. The molecule has 1 aliphatic rings. The third-order valence-corrected chi connectivity index (χ3v) is 14.4. The van der Waals surface area contributed by atoms with Crippen molar-refractivity contribution in [3.8, 4) is 0 Å². The molecule has 77 heavy (non-hydrogen) atoms. The first-order chi connectivity index (χ1) is 37.8. The van der Waals surface area contributed by atoms with Crippen molar-refractivity contribution in [2.45, 2.75) is 301 Å². The lowest BCUT2D eigenvalue weighted by atomic mass is 9.99. The number of aliphatic hydroxyl groups is 5. The van der Waals surface area contributed by atoms with Crippen molar-refractivity contribution in [3.05, 3.63) is 109 Å². The first-order valence-electron chi connectivity index (χ1n) is 31.6. The maximum absolute atomic E-state index is 13.1. The minimum Gasteiger partial charge on any atom is -0.394 e. The first-order valence-corrected chi connectivity index (χ1v) is 31.6. The molecule has 7 atom stereocenters. The molecule has 1 saturated heterocycles. The van der Waals surface area contributed by atoms with E-state index in [1.54, 1.807) is 0 Å². The zero-order valence-electron chi connectivity index (χ0n) is 49.2. The van der Waals surface area contributed by atoms with Crippen molar-refractivity contribution < 1.29 is 39.8 Å². The average Bonchev–Trinajstić information content (AvgIpc) is 3.43. The molecule has 1 aliphatic heterocycles. The van der Waals surface area contributed by atoms with E-state index in [1.807, 2.05) is 0 Å². The van der Waals surface area contributed by atoms with Crippen LogP contribution in [-0.2, 0) is 14.3 Å². The fourth-order valence-corrected chi connectivity index (χ4v) is 9.45. The number of allylic oxidation sites excluding steroid dienone is 18. The molecule has 442 valence electrons. The number of hydrogen-bond acceptors (Lipinski definition) is 8. The van der Waals surface area contributed by atoms with Gasteiger partial charge in [-0.1, -0.05) is 277 Å². The van der Waals surface area contributed by atoms with E-state index in [-0.39, 0.29) is 12.5 Å². The summed E-state index contributed by atoms with van der Waals surface area (Å²) in [6.07, 6.45) is 75.5. The maximum atomic E-state index is 13.1. The molecule has 0 aromatic heterocycles. The Morgan fingerprint density at radius 1 is 0.455 bits per heavy atom. The molecule has 0 aromatic carbocycles. The summed E-state index contributed by atoms with van der Waals surface area (Å²) in [5.74, 6) is -0.158. The summed E-state index contributed by atoms with van der Waals surface area (Å²) in [7, 11) is 0. The van der Waals surface area contributed by atoms with E-state index in [0.717, 1.165) is 109 Å². The summed E-state index contributed by atoms with van der Waals surface area (Å²) in [6, 6.07) is -0.734. The minimum atomic E-state index is -1.56. The Balaban J connectivity index is 2.19. The molecule has 7 unspecified atom stereocenters. The third kappa shape index (κ3) is 45.3. The van der Waals surface area contributed by atoms with Gasteiger partial charge >= 0.3 is 0 Å². The quantitative estimate of drug-likeness (QED) is 0.0261. The van der Waals surface area contributed by atoms with Crippen LogP contribution < -0.4 is 5.32 Å². The maximum Gasteiger partial charge on any atom is 0.220 e. The molecule has 0 aliphatic carbocycles. The summed E-state index contributed by atoms with van der Waals surface area (Å²) >= 11 is 0. The van der Waals surface area contributed by atoms with Crippen LogP contribution in [0.5, 0.6) is 0 Å². The molecule has 0 aromatic rings. The number of carbonyl (C=O) groups is 1. The molecule has 0 saturated carbocycles. The highest BCUT2D eigenvalue weighted by molar-refractivity contribution is 5.76. The van der Waals surface area contributed by atoms with Crippen LogP contribution in [0, 0.1) is 0 Å². The van der Waals surface area contributed by atoms with E-state index in [0.29, 0.717) is 12.8 Å². The van der Waals surface area contributed by atoms with Crippen LogP contribution in [0.4, 0.5) is 0 Å². The Morgan fingerprint density at radius 2 is 0.805 bits per heavy atom. The lowest BCUT2D eigenvalue weighted by Gasteiger charge is -2.40. The molecule has 1 heterocycles. The molecule has 0 bridgehead atoms. The second-order valence-corrected chi connectivity index (χ2v) is 21.5. The Morgan fingerprint density at radius 3 is 1.19 bits per heavy atom. The van der Waals surface area contributed by atoms with Gasteiger partial charge in [-0.05, 0) is 83.5 Å². The molecule has 1 rings (SSSR count). The SMILES string of the molecule is CC/C=C\C/C=C\C/C=C\C/C=C\C/C=C\C/C=C\C/C=C\C/C=C\C/C=C\CCCCCCCCCC(=O)NC(COC1OC(CO)C(O)C(O)C1O)C(O)CCCCCCCCCCCCCCCCCCCCC. The Labute approximate surface area is 472 Å². The normalized spacial score (nSPS) is 19.5. The highest BCUT2D eigenvalue weighted by Gasteiger charge is 2.44. The molecule has 1 fully saturated rings. The largest absolute Gasteiger partial charge is 0.394 e. The number of carbonyl (C=O) groups excluding carboxylic acids is 1. The lowest BCUT2D eigenvalue weighted by Crippen LogP contribution is -2.60. The van der Waals surface area contributed by atoms with Gasteiger partial charge in [0.15, 0.2) is 6.29 Å². The zero-order valence-corrected chi connectivity index (χ0v) is 49.2. The van der Waals surface area contributed by atoms with E-state index in [1.165, 1.54) is 122 Å². The molecule has 9 heteroatoms. The van der Waals surface area contributed by atoms with E-state index >= 15 is 0 Å². The van der Waals surface area contributed by atoms with Gasteiger partial charge in [0.1, 0.15) is 24.4 Å². The van der Waals surface area contributed by atoms with Crippen LogP contribution in [0.3, 0.4) is 0 Å². The van der Waals surface area contributed by atoms with Gasteiger partial charge in [-0.2, -0.15) is 0 Å². The topological polar surface area (TPSA) is 149 Å². The molecular formula is C68H117NO8. The molecule has 1 amide bonds. The van der Waals surface area contributed by atoms with Gasteiger partial charge in [0, 0.05) is 6.42 Å². The second-order valence-electron chi connectivity index (χ2n) is 21.5. The van der Waals surface area contributed by atoms with E-state index in [2.05, 4.69) is 129 Å². The Bertz CT molecular complexity index is 1580. The summed E-state index contributed by atoms with van der Waals surface area (Å²) in [6.45, 7) is 3.73. The van der Waals surface area contributed by atoms with E-state index in [4.69, 9.17) is 9.47 Å². The Hall–Kier alpha value is -3.15. The fraction of sp³-hybridized carbons (Fsp3) is 0.721. The summed E-state index contributed by atoms with van der Waals surface area (Å²) in [4.78, 5) is 13.1. The predicted octanol–water partition coefficient (Wildman–Crippen LogP) is 16.5. The predicted molar refractivity (Wildman–Crippen MR) is 327 cm³/mol. The number of unbranched alkanes of at least 4 members (excludes halogenated alkanes) is 25. The smallest absolute Gasteiger partial charge is 0.220 e. The van der Waals surface area contributed by atoms with Crippen molar-refractivity contribution in [2.24, 2.45) is 0 Å². The van der Waals surface area contributed by atoms with Crippen molar-refractivity contribution in [1.29, 1.82) is 0 Å². The molecular weight excluding hydrogens is 959 g/mol. The first kappa shape index (κ1) is 71.9. The molecule has 9 nitrogen and oxygen atoms in total. The standard InChI is InChI=1S/C68H117NO8/c1-3-5-7-9-11-13-15-17-19-21-23-24-25-26-27-28-29-30-31-32-33-34-35-36-37-38-40-42-44-46-48-50-52-54-56-58-64(72)69-61(60-76-68-67(75)66(74)65(73)63(59-70)77-68)62(71)57-55-53-51-49-47-45-43-41-39-22-20-18-16-14-12-10-8-6-4-2/h5,7,11,13,17,19,23-24,26-27,29-30,32-33,35-36,38,40,61-63,65-68,70-71,73-75H,3-4,6,8-10,12,14-16,18,20-22,25,28,31,34,37,39,41-60H2,1-2H3,(H,69,72)/b7-5-,13-11-,19-17-,24-23-,27-26-,30-29-,33-32-,36-35-,40-38-. The number of aliphatic hydroxyl groups excluding tert-OH is 5. The van der Waals surface area contributed by atoms with Crippen LogP contribution in [0.1, 0.15) is 258 Å². The summed E-state index contributed by atoms with van der Waals surface area (Å²) in [5.41, 5.74) is 0. The van der Waals surface area contributed by atoms with Crippen LogP contribution in [0.15, 0.2) is 109 Å². The van der Waals surface area contributed by atoms with Gasteiger partial charge in [0.2, 0.25) is 5.91 Å². The highest BCUT2D eigenvalue weighted by Crippen LogP contribution is 2.23. The number of ether oxygens (including phenoxy) is 2.